The van der Waals surface area contributed by atoms with Gasteiger partial charge in [-0.05, 0) is 30.9 Å². The summed E-state index contributed by atoms with van der Waals surface area (Å²) in [5.41, 5.74) is 0.823. The Kier molecular flexibility index (Phi) is 5.00. The molecule has 1 aliphatic carbocycles. The SMILES string of the molecule is O=C(C[C@@H](C[N+](=O)[O-])C1CCCCC1)c1nc2ccccc2s1. The van der Waals surface area contributed by atoms with Gasteiger partial charge in [0.25, 0.3) is 0 Å². The highest BCUT2D eigenvalue weighted by molar-refractivity contribution is 7.20. The second kappa shape index (κ2) is 7.17. The van der Waals surface area contributed by atoms with E-state index in [4.69, 9.17) is 0 Å². The van der Waals surface area contributed by atoms with Gasteiger partial charge in [-0.3, -0.25) is 14.9 Å². The maximum absolute atomic E-state index is 12.6. The number of aromatic nitrogens is 1. The normalized spacial score (nSPS) is 17.2. The van der Waals surface area contributed by atoms with Crippen molar-refractivity contribution in [3.05, 3.63) is 39.4 Å². The third kappa shape index (κ3) is 3.93. The lowest BCUT2D eigenvalue weighted by molar-refractivity contribution is -0.490. The minimum absolute atomic E-state index is 0.0522. The lowest BCUT2D eigenvalue weighted by atomic mass is 9.78. The first kappa shape index (κ1) is 16.1. The fraction of sp³-hybridized carbons (Fsp3) is 0.529. The largest absolute Gasteiger partial charge is 0.291 e. The molecule has 0 unspecified atom stereocenters. The van der Waals surface area contributed by atoms with Crippen molar-refractivity contribution in [2.24, 2.45) is 11.8 Å². The maximum atomic E-state index is 12.6. The Morgan fingerprint density at radius 3 is 2.74 bits per heavy atom. The Balaban J connectivity index is 1.74. The number of hydrogen-bond donors (Lipinski definition) is 0. The molecule has 2 aromatic rings. The molecule has 5 nitrogen and oxygen atoms in total. The van der Waals surface area contributed by atoms with Crippen LogP contribution in [-0.2, 0) is 0 Å². The van der Waals surface area contributed by atoms with E-state index in [1.54, 1.807) is 0 Å². The number of ketones is 1. The van der Waals surface area contributed by atoms with Gasteiger partial charge in [0.05, 0.1) is 10.2 Å². The molecule has 0 bridgehead atoms. The van der Waals surface area contributed by atoms with E-state index in [0.717, 1.165) is 35.9 Å². The second-order valence-corrected chi connectivity index (χ2v) is 7.32. The Morgan fingerprint density at radius 1 is 1.30 bits per heavy atom. The molecule has 1 saturated carbocycles. The zero-order chi connectivity index (χ0) is 16.2. The third-order valence-electron chi connectivity index (χ3n) is 4.68. The second-order valence-electron chi connectivity index (χ2n) is 6.29. The first-order chi connectivity index (χ1) is 11.1. The highest BCUT2D eigenvalue weighted by Crippen LogP contribution is 2.33. The van der Waals surface area contributed by atoms with E-state index in [0.29, 0.717) is 10.9 Å². The minimum atomic E-state index is -0.273. The molecule has 1 aromatic carbocycles. The summed E-state index contributed by atoms with van der Waals surface area (Å²) >= 11 is 1.38. The number of nitro groups is 1. The molecule has 0 aliphatic heterocycles. The minimum Gasteiger partial charge on any atom is -0.291 e. The van der Waals surface area contributed by atoms with Crippen LogP contribution in [0.3, 0.4) is 0 Å². The third-order valence-corrected chi connectivity index (χ3v) is 5.76. The summed E-state index contributed by atoms with van der Waals surface area (Å²) in [7, 11) is 0. The Morgan fingerprint density at radius 2 is 2.04 bits per heavy atom. The zero-order valence-electron chi connectivity index (χ0n) is 12.9. The molecule has 1 aromatic heterocycles. The number of hydrogen-bond acceptors (Lipinski definition) is 5. The molecular weight excluding hydrogens is 312 g/mol. The van der Waals surface area contributed by atoms with E-state index < -0.39 is 0 Å². The number of benzene rings is 1. The van der Waals surface area contributed by atoms with Crippen molar-refractivity contribution in [2.45, 2.75) is 38.5 Å². The number of para-hydroxylation sites is 1. The van der Waals surface area contributed by atoms with Crippen molar-refractivity contribution in [1.82, 2.24) is 4.98 Å². The molecule has 0 N–H and O–H groups in total. The lowest BCUT2D eigenvalue weighted by Gasteiger charge is -2.27. The van der Waals surface area contributed by atoms with Crippen LogP contribution in [0.5, 0.6) is 0 Å². The Bertz CT molecular complexity index is 674. The summed E-state index contributed by atoms with van der Waals surface area (Å²) in [6.45, 7) is -0.110. The van der Waals surface area contributed by atoms with Gasteiger partial charge in [0.1, 0.15) is 0 Å². The van der Waals surface area contributed by atoms with E-state index in [9.17, 15) is 14.9 Å². The average Bonchev–Trinajstić information content (AvgIpc) is 2.99. The van der Waals surface area contributed by atoms with Crippen molar-refractivity contribution >= 4 is 27.3 Å². The van der Waals surface area contributed by atoms with Crippen LogP contribution in [0.1, 0.15) is 48.3 Å². The molecule has 3 rings (SSSR count). The monoisotopic (exact) mass is 332 g/mol. The van der Waals surface area contributed by atoms with Gasteiger partial charge in [0.2, 0.25) is 6.54 Å². The van der Waals surface area contributed by atoms with Gasteiger partial charge >= 0.3 is 0 Å². The topological polar surface area (TPSA) is 73.1 Å². The van der Waals surface area contributed by atoms with Gasteiger partial charge in [-0.2, -0.15) is 0 Å². The number of fused-ring (bicyclic) bond motifs is 1. The smallest absolute Gasteiger partial charge is 0.207 e. The summed E-state index contributed by atoms with van der Waals surface area (Å²) in [4.78, 5) is 27.7. The average molecular weight is 332 g/mol. The zero-order valence-corrected chi connectivity index (χ0v) is 13.8. The molecule has 0 spiro atoms. The molecule has 122 valence electrons. The fourth-order valence-electron chi connectivity index (χ4n) is 3.49. The standard InChI is InChI=1S/C17H20N2O3S/c20-15(17-18-14-8-4-5-9-16(14)23-17)10-13(11-19(21)22)12-6-2-1-3-7-12/h4-5,8-9,12-13H,1-3,6-7,10-11H2/t13-/m0/s1. The van der Waals surface area contributed by atoms with Gasteiger partial charge in [0.15, 0.2) is 10.8 Å². The summed E-state index contributed by atoms with van der Waals surface area (Å²) in [6, 6.07) is 7.65. The van der Waals surface area contributed by atoms with Crippen molar-refractivity contribution in [3.8, 4) is 0 Å². The predicted octanol–water partition coefficient (Wildman–Crippen LogP) is 4.34. The van der Waals surface area contributed by atoms with Crippen LogP contribution >= 0.6 is 11.3 Å². The van der Waals surface area contributed by atoms with E-state index in [2.05, 4.69) is 4.98 Å². The summed E-state index contributed by atoms with van der Waals surface area (Å²) in [6.07, 6.45) is 5.69. The van der Waals surface area contributed by atoms with Gasteiger partial charge in [0, 0.05) is 17.3 Å². The fourth-order valence-corrected chi connectivity index (χ4v) is 4.41. The van der Waals surface area contributed by atoms with Gasteiger partial charge in [-0.1, -0.05) is 31.4 Å². The molecule has 1 aliphatic rings. The molecule has 1 fully saturated rings. The summed E-state index contributed by atoms with van der Waals surface area (Å²) in [5, 5.41) is 11.5. The van der Waals surface area contributed by atoms with Crippen molar-refractivity contribution < 1.29 is 9.72 Å². The van der Waals surface area contributed by atoms with E-state index in [1.165, 1.54) is 17.8 Å². The van der Waals surface area contributed by atoms with Gasteiger partial charge in [-0.25, -0.2) is 4.98 Å². The van der Waals surface area contributed by atoms with Crippen LogP contribution in [0, 0.1) is 22.0 Å². The first-order valence-corrected chi connectivity index (χ1v) is 8.95. The van der Waals surface area contributed by atoms with Crippen LogP contribution in [0.25, 0.3) is 10.2 Å². The van der Waals surface area contributed by atoms with Crippen LogP contribution in [-0.4, -0.2) is 22.2 Å². The van der Waals surface area contributed by atoms with Crippen LogP contribution < -0.4 is 0 Å². The maximum Gasteiger partial charge on any atom is 0.207 e. The molecule has 0 saturated heterocycles. The molecule has 0 amide bonds. The molecule has 0 radical (unpaired) electrons. The number of Topliss-reactive ketones (excluding diaryl/α,β-unsaturated/α-hetero) is 1. The number of carbonyl (C=O) groups excluding carboxylic acids is 1. The highest BCUT2D eigenvalue weighted by atomic mass is 32.1. The molecule has 23 heavy (non-hydrogen) atoms. The van der Waals surface area contributed by atoms with Crippen LogP contribution in [0.15, 0.2) is 24.3 Å². The number of carbonyl (C=O) groups is 1. The van der Waals surface area contributed by atoms with E-state index >= 15 is 0 Å². The molecular formula is C17H20N2O3S. The van der Waals surface area contributed by atoms with E-state index in [1.807, 2.05) is 24.3 Å². The highest BCUT2D eigenvalue weighted by Gasteiger charge is 2.30. The van der Waals surface area contributed by atoms with Crippen LogP contribution in [0.4, 0.5) is 0 Å². The molecule has 1 heterocycles. The summed E-state index contributed by atoms with van der Waals surface area (Å²) in [5.74, 6) is 0.0842. The number of nitrogens with zero attached hydrogens (tertiary/aromatic N) is 2. The van der Waals surface area contributed by atoms with E-state index in [-0.39, 0.29) is 29.6 Å². The predicted molar refractivity (Wildman–Crippen MR) is 90.5 cm³/mol. The van der Waals surface area contributed by atoms with Crippen molar-refractivity contribution in [3.63, 3.8) is 0 Å². The number of thiazole rings is 1. The van der Waals surface area contributed by atoms with Gasteiger partial charge < -0.3 is 0 Å². The quantitative estimate of drug-likeness (QED) is 0.448. The summed E-state index contributed by atoms with van der Waals surface area (Å²) < 4.78 is 0.986. The van der Waals surface area contributed by atoms with Gasteiger partial charge in [-0.15, -0.1) is 11.3 Å². The lowest BCUT2D eigenvalue weighted by Crippen LogP contribution is -2.27. The first-order valence-electron chi connectivity index (χ1n) is 8.14. The number of rotatable bonds is 6. The van der Waals surface area contributed by atoms with Crippen LogP contribution in [0.2, 0.25) is 0 Å². The van der Waals surface area contributed by atoms with Crippen molar-refractivity contribution in [1.29, 1.82) is 0 Å². The molecule has 1 atom stereocenters. The van der Waals surface area contributed by atoms with Crippen molar-refractivity contribution in [2.75, 3.05) is 6.54 Å². The molecule has 6 heteroatoms. The Labute approximate surface area is 138 Å². The Hall–Kier alpha value is -1.82.